The number of nitrogens with one attached hydrogen (secondary N) is 1. The SMILES string of the molecule is CC/C=C\C/C=C\C/C=C\C/C=C\C/C=C\C/C=C\CCCCCCCCCCC(=O)NC(CO)C(O)/C=C/CC/C=C/CC/C=C/CCCCCC. The smallest absolute Gasteiger partial charge is 0.220 e. The molecule has 0 aromatic rings. The summed E-state index contributed by atoms with van der Waals surface area (Å²) < 4.78 is 0. The Bertz CT molecular complexity index is 1060. The van der Waals surface area contributed by atoms with Gasteiger partial charge in [0.05, 0.1) is 18.8 Å². The number of allylic oxidation sites excluding steroid dienone is 17. The van der Waals surface area contributed by atoms with Gasteiger partial charge in [-0.25, -0.2) is 0 Å². The topological polar surface area (TPSA) is 69.6 Å². The number of rotatable bonds is 37. The molecule has 0 spiro atoms. The van der Waals surface area contributed by atoms with E-state index in [1.807, 2.05) is 6.08 Å². The van der Waals surface area contributed by atoms with E-state index in [1.54, 1.807) is 6.08 Å². The van der Waals surface area contributed by atoms with Crippen molar-refractivity contribution >= 4 is 5.91 Å². The van der Waals surface area contributed by atoms with Crippen molar-refractivity contribution in [2.24, 2.45) is 0 Å². The second-order valence-corrected chi connectivity index (χ2v) is 14.0. The summed E-state index contributed by atoms with van der Waals surface area (Å²) in [7, 11) is 0. The average molecular weight is 732 g/mol. The molecule has 0 aromatic carbocycles. The zero-order valence-electron chi connectivity index (χ0n) is 34.2. The Labute approximate surface area is 327 Å². The molecule has 300 valence electrons. The molecule has 0 fully saturated rings. The molecular formula is C49H81NO3. The summed E-state index contributed by atoms with van der Waals surface area (Å²) in [4.78, 5) is 12.4. The molecular weight excluding hydrogens is 651 g/mol. The number of aliphatic hydroxyl groups is 2. The maximum atomic E-state index is 12.4. The molecule has 4 nitrogen and oxygen atoms in total. The predicted molar refractivity (Wildman–Crippen MR) is 234 cm³/mol. The second-order valence-electron chi connectivity index (χ2n) is 14.0. The van der Waals surface area contributed by atoms with Crippen molar-refractivity contribution in [2.45, 2.75) is 187 Å². The highest BCUT2D eigenvalue weighted by molar-refractivity contribution is 5.76. The molecule has 0 aliphatic carbocycles. The maximum Gasteiger partial charge on any atom is 0.220 e. The zero-order valence-corrected chi connectivity index (χ0v) is 34.2. The molecule has 0 bridgehead atoms. The number of carbonyl (C=O) groups excluding carboxylic acids is 1. The summed E-state index contributed by atoms with van der Waals surface area (Å²) in [6.45, 7) is 4.13. The van der Waals surface area contributed by atoms with Crippen molar-refractivity contribution in [2.75, 3.05) is 6.61 Å². The molecule has 0 aromatic heterocycles. The summed E-state index contributed by atoms with van der Waals surface area (Å²) in [5, 5.41) is 22.9. The van der Waals surface area contributed by atoms with Crippen LogP contribution in [0, 0.1) is 0 Å². The molecule has 0 radical (unpaired) electrons. The normalized spacial score (nSPS) is 14.1. The molecule has 0 saturated carbocycles. The van der Waals surface area contributed by atoms with Gasteiger partial charge in [-0.15, -0.1) is 0 Å². The van der Waals surface area contributed by atoms with Crippen LogP contribution in [0.15, 0.2) is 109 Å². The Morgan fingerprint density at radius 1 is 0.472 bits per heavy atom. The van der Waals surface area contributed by atoms with E-state index in [4.69, 9.17) is 0 Å². The van der Waals surface area contributed by atoms with Crippen LogP contribution in [-0.2, 0) is 4.79 Å². The monoisotopic (exact) mass is 732 g/mol. The molecule has 0 saturated heterocycles. The lowest BCUT2D eigenvalue weighted by atomic mass is 10.1. The van der Waals surface area contributed by atoms with Crippen molar-refractivity contribution in [1.82, 2.24) is 5.32 Å². The number of amides is 1. The quantitative estimate of drug-likeness (QED) is 0.0440. The molecule has 0 heterocycles. The summed E-state index contributed by atoms with van der Waals surface area (Å²) >= 11 is 0. The van der Waals surface area contributed by atoms with Gasteiger partial charge in [0.1, 0.15) is 0 Å². The molecule has 4 heteroatoms. The largest absolute Gasteiger partial charge is 0.394 e. The van der Waals surface area contributed by atoms with Crippen molar-refractivity contribution < 1.29 is 15.0 Å². The van der Waals surface area contributed by atoms with Gasteiger partial charge >= 0.3 is 0 Å². The average Bonchev–Trinajstić information content (AvgIpc) is 3.16. The Morgan fingerprint density at radius 3 is 1.32 bits per heavy atom. The van der Waals surface area contributed by atoms with Gasteiger partial charge < -0.3 is 15.5 Å². The predicted octanol–water partition coefficient (Wildman–Crippen LogP) is 13.6. The van der Waals surface area contributed by atoms with Crippen LogP contribution >= 0.6 is 0 Å². The first-order valence-corrected chi connectivity index (χ1v) is 21.6. The fraction of sp³-hybridized carbons (Fsp3) is 0.612. The minimum Gasteiger partial charge on any atom is -0.394 e. The van der Waals surface area contributed by atoms with E-state index < -0.39 is 12.1 Å². The first-order chi connectivity index (χ1) is 26.2. The number of hydrogen-bond donors (Lipinski definition) is 3. The third kappa shape index (κ3) is 40.1. The molecule has 2 unspecified atom stereocenters. The van der Waals surface area contributed by atoms with Gasteiger partial charge in [0.2, 0.25) is 5.91 Å². The highest BCUT2D eigenvalue weighted by atomic mass is 16.3. The van der Waals surface area contributed by atoms with Crippen LogP contribution in [0.2, 0.25) is 0 Å². The lowest BCUT2D eigenvalue weighted by Crippen LogP contribution is -2.45. The van der Waals surface area contributed by atoms with Crippen LogP contribution in [-0.4, -0.2) is 34.9 Å². The van der Waals surface area contributed by atoms with Crippen LogP contribution in [0.4, 0.5) is 0 Å². The Kier molecular flexibility index (Phi) is 41.0. The second kappa shape index (κ2) is 43.5. The molecule has 1 amide bonds. The third-order valence-electron chi connectivity index (χ3n) is 8.97. The number of carbonyl (C=O) groups is 1. The van der Waals surface area contributed by atoms with Crippen LogP contribution in [0.3, 0.4) is 0 Å². The molecule has 3 N–H and O–H groups in total. The van der Waals surface area contributed by atoms with Gasteiger partial charge in [0.25, 0.3) is 0 Å². The van der Waals surface area contributed by atoms with E-state index in [0.29, 0.717) is 6.42 Å². The molecule has 0 rings (SSSR count). The fourth-order valence-electron chi connectivity index (χ4n) is 5.68. The van der Waals surface area contributed by atoms with Crippen LogP contribution in [0.25, 0.3) is 0 Å². The zero-order chi connectivity index (χ0) is 38.6. The van der Waals surface area contributed by atoms with Gasteiger partial charge in [0, 0.05) is 6.42 Å². The van der Waals surface area contributed by atoms with E-state index in [-0.39, 0.29) is 12.5 Å². The molecule has 2 atom stereocenters. The Hall–Kier alpha value is -2.95. The van der Waals surface area contributed by atoms with Gasteiger partial charge in [-0.2, -0.15) is 0 Å². The highest BCUT2D eigenvalue weighted by Crippen LogP contribution is 2.12. The molecule has 53 heavy (non-hydrogen) atoms. The summed E-state index contributed by atoms with van der Waals surface area (Å²) in [6.07, 6.45) is 66.1. The van der Waals surface area contributed by atoms with E-state index in [0.717, 1.165) is 89.9 Å². The van der Waals surface area contributed by atoms with Gasteiger partial charge in [-0.05, 0) is 96.3 Å². The Balaban J connectivity index is 3.70. The lowest BCUT2D eigenvalue weighted by Gasteiger charge is -2.19. The van der Waals surface area contributed by atoms with E-state index in [2.05, 4.69) is 116 Å². The third-order valence-corrected chi connectivity index (χ3v) is 8.97. The minimum atomic E-state index is -0.880. The first kappa shape index (κ1) is 50.1. The number of aliphatic hydroxyl groups excluding tert-OH is 2. The van der Waals surface area contributed by atoms with Crippen molar-refractivity contribution in [3.8, 4) is 0 Å². The van der Waals surface area contributed by atoms with Crippen molar-refractivity contribution in [3.63, 3.8) is 0 Å². The standard InChI is InChI=1S/C49H81NO3/c1-3-5-7-9-11-13-15-17-19-20-21-22-23-24-25-26-27-28-29-30-31-33-35-37-39-41-43-45-49(53)50-47(46-51)48(52)44-42-40-38-36-34-32-18-16-14-12-10-8-6-4-2/h5,7,11,13-14,16-17,19,21-22,24-25,27-28,34,36,42,44,47-48,51-52H,3-4,6,8-10,12,15,18,20,23,26,29-33,35,37-41,43,45-46H2,1-2H3,(H,50,53)/b7-5-,13-11-,16-14+,19-17-,22-21-,25-24-,28-27-,36-34+,44-42+. The van der Waals surface area contributed by atoms with Gasteiger partial charge in [-0.3, -0.25) is 4.79 Å². The number of hydrogen-bond acceptors (Lipinski definition) is 3. The van der Waals surface area contributed by atoms with E-state index in [9.17, 15) is 15.0 Å². The summed E-state index contributed by atoms with van der Waals surface area (Å²) in [5.74, 6) is -0.0937. The van der Waals surface area contributed by atoms with Crippen LogP contribution < -0.4 is 5.32 Å². The number of unbranched alkanes of at least 4 members (excludes halogenated alkanes) is 14. The van der Waals surface area contributed by atoms with E-state index >= 15 is 0 Å². The van der Waals surface area contributed by atoms with Gasteiger partial charge in [-0.1, -0.05) is 181 Å². The molecule has 0 aliphatic heterocycles. The van der Waals surface area contributed by atoms with Crippen LogP contribution in [0.1, 0.15) is 174 Å². The minimum absolute atomic E-state index is 0.0937. The highest BCUT2D eigenvalue weighted by Gasteiger charge is 2.17. The maximum absolute atomic E-state index is 12.4. The lowest BCUT2D eigenvalue weighted by molar-refractivity contribution is -0.123. The fourth-order valence-corrected chi connectivity index (χ4v) is 5.68. The first-order valence-electron chi connectivity index (χ1n) is 21.6. The summed E-state index contributed by atoms with van der Waals surface area (Å²) in [6, 6.07) is -0.657. The van der Waals surface area contributed by atoms with Crippen molar-refractivity contribution in [1.29, 1.82) is 0 Å². The van der Waals surface area contributed by atoms with Gasteiger partial charge in [0.15, 0.2) is 0 Å². The van der Waals surface area contributed by atoms with Crippen molar-refractivity contribution in [3.05, 3.63) is 109 Å². The van der Waals surface area contributed by atoms with Crippen LogP contribution in [0.5, 0.6) is 0 Å². The summed E-state index contributed by atoms with van der Waals surface area (Å²) in [5.41, 5.74) is 0. The molecule has 0 aliphatic rings. The Morgan fingerprint density at radius 2 is 0.849 bits per heavy atom. The van der Waals surface area contributed by atoms with E-state index in [1.165, 1.54) is 64.2 Å².